The number of likely N-dealkylation sites (tertiary alicyclic amines) is 1. The Morgan fingerprint density at radius 2 is 2.09 bits per heavy atom. The Kier molecular flexibility index (Phi) is 5.05. The summed E-state index contributed by atoms with van der Waals surface area (Å²) in [4.78, 5) is 11.2. The molecule has 2 heterocycles. The minimum Gasteiger partial charge on any atom is -0.350 e. The molecule has 1 aromatic carbocycles. The average molecular weight is 361 g/mol. The van der Waals surface area contributed by atoms with Gasteiger partial charge in [-0.25, -0.2) is 9.97 Å². The highest BCUT2D eigenvalue weighted by Crippen LogP contribution is 2.15. The lowest BCUT2D eigenvalue weighted by atomic mass is 10.1. The lowest BCUT2D eigenvalue weighted by molar-refractivity contribution is 0.340. The second-order valence-electron chi connectivity index (χ2n) is 5.83. The number of anilines is 1. The van der Waals surface area contributed by atoms with E-state index in [0.29, 0.717) is 6.04 Å². The normalized spacial score (nSPS) is 18.5. The Morgan fingerprint density at radius 1 is 1.27 bits per heavy atom. The molecule has 4 nitrogen and oxygen atoms in total. The number of nitrogens with zero attached hydrogens (tertiary/aromatic N) is 3. The third-order valence-corrected chi connectivity index (χ3v) is 4.56. The van der Waals surface area contributed by atoms with E-state index < -0.39 is 0 Å². The van der Waals surface area contributed by atoms with Crippen LogP contribution >= 0.6 is 15.9 Å². The van der Waals surface area contributed by atoms with E-state index in [1.807, 2.05) is 19.2 Å². The summed E-state index contributed by atoms with van der Waals surface area (Å²) in [7, 11) is 0. The van der Waals surface area contributed by atoms with Crippen molar-refractivity contribution in [3.63, 3.8) is 0 Å². The first-order valence-electron chi connectivity index (χ1n) is 7.72. The zero-order chi connectivity index (χ0) is 15.4. The zero-order valence-electron chi connectivity index (χ0n) is 12.8. The molecule has 1 N–H and O–H groups in total. The molecule has 1 aliphatic rings. The molecule has 0 amide bonds. The summed E-state index contributed by atoms with van der Waals surface area (Å²) >= 11 is 3.48. The van der Waals surface area contributed by atoms with Gasteiger partial charge in [0.15, 0.2) is 0 Å². The molecular weight excluding hydrogens is 340 g/mol. The van der Waals surface area contributed by atoms with Gasteiger partial charge in [0, 0.05) is 42.0 Å². The molecule has 116 valence electrons. The number of hydrogen-bond acceptors (Lipinski definition) is 4. The van der Waals surface area contributed by atoms with Crippen LogP contribution in [-0.4, -0.2) is 40.5 Å². The quantitative estimate of drug-likeness (QED) is 0.888. The fourth-order valence-corrected chi connectivity index (χ4v) is 3.06. The molecule has 0 radical (unpaired) electrons. The van der Waals surface area contributed by atoms with Gasteiger partial charge in [-0.05, 0) is 43.5 Å². The van der Waals surface area contributed by atoms with Gasteiger partial charge in [0.2, 0.25) is 5.95 Å². The van der Waals surface area contributed by atoms with Crippen LogP contribution in [0.2, 0.25) is 0 Å². The van der Waals surface area contributed by atoms with Crippen molar-refractivity contribution in [2.45, 2.75) is 25.8 Å². The predicted molar refractivity (Wildman–Crippen MR) is 93.1 cm³/mol. The summed E-state index contributed by atoms with van der Waals surface area (Å²) in [5.41, 5.74) is 2.39. The molecule has 0 spiro atoms. The first-order valence-corrected chi connectivity index (χ1v) is 8.51. The standard InChI is InChI=1S/C17H21BrN4/c1-13-6-9-19-17(20-13)21-16-8-11-22(12-16)10-7-14-2-4-15(18)5-3-14/h2-6,9,16H,7-8,10-12H2,1H3,(H,19,20,21). The van der Waals surface area contributed by atoms with Gasteiger partial charge in [-0.1, -0.05) is 28.1 Å². The Hall–Kier alpha value is -1.46. The Bertz CT molecular complexity index is 614. The lowest BCUT2D eigenvalue weighted by Gasteiger charge is -2.16. The summed E-state index contributed by atoms with van der Waals surface area (Å²) in [6.07, 6.45) is 4.06. The SMILES string of the molecule is Cc1ccnc(NC2CCN(CCc3ccc(Br)cc3)C2)n1. The third-order valence-electron chi connectivity index (χ3n) is 4.03. The maximum Gasteiger partial charge on any atom is 0.223 e. The van der Waals surface area contributed by atoms with Crippen LogP contribution in [0.5, 0.6) is 0 Å². The second kappa shape index (κ2) is 7.20. The van der Waals surface area contributed by atoms with Gasteiger partial charge in [0.1, 0.15) is 0 Å². The first-order chi connectivity index (χ1) is 10.7. The third kappa shape index (κ3) is 4.27. The van der Waals surface area contributed by atoms with E-state index in [2.05, 4.69) is 60.4 Å². The molecule has 3 rings (SSSR count). The van der Waals surface area contributed by atoms with Gasteiger partial charge < -0.3 is 10.2 Å². The monoisotopic (exact) mass is 360 g/mol. The van der Waals surface area contributed by atoms with E-state index in [1.54, 1.807) is 0 Å². The Balaban J connectivity index is 1.47. The zero-order valence-corrected chi connectivity index (χ0v) is 14.4. The first kappa shape index (κ1) is 15.4. The Labute approximate surface area is 140 Å². The van der Waals surface area contributed by atoms with Crippen LogP contribution < -0.4 is 5.32 Å². The van der Waals surface area contributed by atoms with Crippen LogP contribution in [0.3, 0.4) is 0 Å². The molecule has 1 atom stereocenters. The van der Waals surface area contributed by atoms with Crippen molar-refractivity contribution in [3.05, 3.63) is 52.3 Å². The minimum atomic E-state index is 0.451. The van der Waals surface area contributed by atoms with Crippen molar-refractivity contribution >= 4 is 21.9 Å². The van der Waals surface area contributed by atoms with Crippen LogP contribution in [0.4, 0.5) is 5.95 Å². The molecule has 1 unspecified atom stereocenters. The molecule has 22 heavy (non-hydrogen) atoms. The summed E-state index contributed by atoms with van der Waals surface area (Å²) in [6, 6.07) is 11.0. The van der Waals surface area contributed by atoms with Gasteiger partial charge in [-0.3, -0.25) is 0 Å². The van der Waals surface area contributed by atoms with Crippen LogP contribution in [0.15, 0.2) is 41.0 Å². The highest BCUT2D eigenvalue weighted by atomic mass is 79.9. The number of benzene rings is 1. The number of halogens is 1. The Morgan fingerprint density at radius 3 is 2.86 bits per heavy atom. The van der Waals surface area contributed by atoms with Gasteiger partial charge in [-0.2, -0.15) is 0 Å². The minimum absolute atomic E-state index is 0.451. The molecule has 1 aliphatic heterocycles. The van der Waals surface area contributed by atoms with E-state index in [9.17, 15) is 0 Å². The summed E-state index contributed by atoms with van der Waals surface area (Å²) in [5, 5.41) is 3.45. The maximum atomic E-state index is 4.42. The lowest BCUT2D eigenvalue weighted by Crippen LogP contribution is -2.28. The van der Waals surface area contributed by atoms with E-state index in [4.69, 9.17) is 0 Å². The molecule has 1 aromatic heterocycles. The summed E-state index contributed by atoms with van der Waals surface area (Å²) in [6.45, 7) is 5.30. The topological polar surface area (TPSA) is 41.1 Å². The summed E-state index contributed by atoms with van der Waals surface area (Å²) < 4.78 is 1.14. The van der Waals surface area contributed by atoms with E-state index >= 15 is 0 Å². The smallest absolute Gasteiger partial charge is 0.223 e. The van der Waals surface area contributed by atoms with Crippen molar-refractivity contribution < 1.29 is 0 Å². The number of rotatable bonds is 5. The van der Waals surface area contributed by atoms with Gasteiger partial charge in [0.05, 0.1) is 0 Å². The van der Waals surface area contributed by atoms with Gasteiger partial charge >= 0.3 is 0 Å². The van der Waals surface area contributed by atoms with Crippen molar-refractivity contribution in [1.82, 2.24) is 14.9 Å². The van der Waals surface area contributed by atoms with Crippen LogP contribution in [0, 0.1) is 6.92 Å². The number of nitrogens with one attached hydrogen (secondary N) is 1. The summed E-state index contributed by atoms with van der Waals surface area (Å²) in [5.74, 6) is 0.750. The van der Waals surface area contributed by atoms with Crippen molar-refractivity contribution in [3.8, 4) is 0 Å². The van der Waals surface area contributed by atoms with Crippen LogP contribution in [-0.2, 0) is 6.42 Å². The highest BCUT2D eigenvalue weighted by molar-refractivity contribution is 9.10. The fraction of sp³-hybridized carbons (Fsp3) is 0.412. The molecule has 5 heteroatoms. The number of hydrogen-bond donors (Lipinski definition) is 1. The molecule has 0 aliphatic carbocycles. The van der Waals surface area contributed by atoms with Crippen molar-refractivity contribution in [2.75, 3.05) is 25.0 Å². The molecule has 0 saturated carbocycles. The van der Waals surface area contributed by atoms with Crippen molar-refractivity contribution in [1.29, 1.82) is 0 Å². The maximum absolute atomic E-state index is 4.42. The molecule has 0 bridgehead atoms. The molecule has 2 aromatic rings. The fourth-order valence-electron chi connectivity index (χ4n) is 2.79. The van der Waals surface area contributed by atoms with Crippen LogP contribution in [0.25, 0.3) is 0 Å². The molecular formula is C17H21BrN4. The van der Waals surface area contributed by atoms with Gasteiger partial charge in [0.25, 0.3) is 0 Å². The van der Waals surface area contributed by atoms with Crippen LogP contribution in [0.1, 0.15) is 17.7 Å². The average Bonchev–Trinajstić information content (AvgIpc) is 2.94. The van der Waals surface area contributed by atoms with E-state index in [1.165, 1.54) is 5.56 Å². The van der Waals surface area contributed by atoms with Gasteiger partial charge in [-0.15, -0.1) is 0 Å². The predicted octanol–water partition coefficient (Wildman–Crippen LogP) is 3.28. The molecule has 1 fully saturated rings. The molecule has 1 saturated heterocycles. The van der Waals surface area contributed by atoms with E-state index in [0.717, 1.165) is 48.6 Å². The van der Waals surface area contributed by atoms with E-state index in [-0.39, 0.29) is 0 Å². The van der Waals surface area contributed by atoms with Crippen molar-refractivity contribution in [2.24, 2.45) is 0 Å². The largest absolute Gasteiger partial charge is 0.350 e. The number of aryl methyl sites for hydroxylation is 1. The highest BCUT2D eigenvalue weighted by Gasteiger charge is 2.22. The number of aromatic nitrogens is 2. The second-order valence-corrected chi connectivity index (χ2v) is 6.74.